The van der Waals surface area contributed by atoms with Crippen LogP contribution < -0.4 is 5.32 Å². The van der Waals surface area contributed by atoms with Gasteiger partial charge in [0.25, 0.3) is 0 Å². The summed E-state index contributed by atoms with van der Waals surface area (Å²) in [6, 6.07) is 0. The summed E-state index contributed by atoms with van der Waals surface area (Å²) < 4.78 is 10.7. The summed E-state index contributed by atoms with van der Waals surface area (Å²) in [4.78, 5) is 4.39. The van der Waals surface area contributed by atoms with Crippen molar-refractivity contribution in [3.8, 4) is 0 Å². The second-order valence-corrected chi connectivity index (χ2v) is 4.89. The molecule has 0 radical (unpaired) electrons. The van der Waals surface area contributed by atoms with E-state index in [0.29, 0.717) is 12.4 Å². The van der Waals surface area contributed by atoms with Crippen LogP contribution in [0.15, 0.2) is 4.52 Å². The van der Waals surface area contributed by atoms with E-state index >= 15 is 0 Å². The van der Waals surface area contributed by atoms with Crippen LogP contribution in [0.3, 0.4) is 0 Å². The van der Waals surface area contributed by atoms with Crippen LogP contribution in [0.4, 0.5) is 0 Å². The highest BCUT2D eigenvalue weighted by Crippen LogP contribution is 2.18. The van der Waals surface area contributed by atoms with Gasteiger partial charge in [-0.05, 0) is 52.1 Å². The summed E-state index contributed by atoms with van der Waals surface area (Å²) >= 11 is 0. The average Bonchev–Trinajstić information content (AvgIpc) is 2.87. The zero-order chi connectivity index (χ0) is 12.8. The summed E-state index contributed by atoms with van der Waals surface area (Å²) in [5.74, 6) is 2.15. The number of nitrogens with one attached hydrogen (secondary N) is 1. The summed E-state index contributed by atoms with van der Waals surface area (Å²) in [6.07, 6.45) is 4.50. The predicted octanol–water partition coefficient (Wildman–Crippen LogP) is 2.10. The molecule has 1 aliphatic heterocycles. The van der Waals surface area contributed by atoms with Gasteiger partial charge in [-0.15, -0.1) is 0 Å². The summed E-state index contributed by atoms with van der Waals surface area (Å²) in [6.45, 7) is 6.86. The Kier molecular flexibility index (Phi) is 5.13. The fourth-order valence-electron chi connectivity index (χ4n) is 2.36. The lowest BCUT2D eigenvalue weighted by atomic mass is 9.95. The van der Waals surface area contributed by atoms with Gasteiger partial charge < -0.3 is 14.6 Å². The molecule has 1 fully saturated rings. The van der Waals surface area contributed by atoms with E-state index in [-0.39, 0.29) is 6.10 Å². The highest BCUT2D eigenvalue weighted by molar-refractivity contribution is 4.90. The lowest BCUT2D eigenvalue weighted by molar-refractivity contribution is 0.0683. The standard InChI is InChI=1S/C13H23N3O2/c1-3-17-10(2)13-15-12(18-16-13)7-6-11-5-4-8-14-9-11/h10-11,14H,3-9H2,1-2H3. The Labute approximate surface area is 108 Å². The van der Waals surface area contributed by atoms with Gasteiger partial charge in [-0.25, -0.2) is 0 Å². The van der Waals surface area contributed by atoms with Crippen LogP contribution in [0.5, 0.6) is 0 Å². The van der Waals surface area contributed by atoms with Gasteiger partial charge >= 0.3 is 0 Å². The number of piperidine rings is 1. The first-order valence-corrected chi connectivity index (χ1v) is 6.94. The van der Waals surface area contributed by atoms with Crippen LogP contribution >= 0.6 is 0 Å². The second-order valence-electron chi connectivity index (χ2n) is 4.89. The Balaban J connectivity index is 1.79. The van der Waals surface area contributed by atoms with Crippen molar-refractivity contribution in [1.82, 2.24) is 15.5 Å². The van der Waals surface area contributed by atoms with Crippen molar-refractivity contribution >= 4 is 0 Å². The normalized spacial score (nSPS) is 22.0. The Hall–Kier alpha value is -0.940. The molecule has 1 aromatic rings. The van der Waals surface area contributed by atoms with Gasteiger partial charge in [-0.3, -0.25) is 0 Å². The van der Waals surface area contributed by atoms with Crippen molar-refractivity contribution in [3.63, 3.8) is 0 Å². The Morgan fingerprint density at radius 1 is 1.56 bits per heavy atom. The molecule has 0 aromatic carbocycles. The number of aromatic nitrogens is 2. The molecule has 0 amide bonds. The smallest absolute Gasteiger partial charge is 0.226 e. The van der Waals surface area contributed by atoms with Gasteiger partial charge in [0.05, 0.1) is 0 Å². The maximum atomic E-state index is 5.44. The summed E-state index contributed by atoms with van der Waals surface area (Å²) in [5, 5.41) is 7.40. The van der Waals surface area contributed by atoms with E-state index in [1.165, 1.54) is 12.8 Å². The van der Waals surface area contributed by atoms with E-state index in [1.807, 2.05) is 13.8 Å². The van der Waals surface area contributed by atoms with E-state index in [2.05, 4.69) is 15.5 Å². The zero-order valence-electron chi connectivity index (χ0n) is 11.3. The first-order valence-electron chi connectivity index (χ1n) is 6.94. The molecule has 5 nitrogen and oxygen atoms in total. The highest BCUT2D eigenvalue weighted by atomic mass is 16.5. The minimum Gasteiger partial charge on any atom is -0.371 e. The third-order valence-electron chi connectivity index (χ3n) is 3.43. The topological polar surface area (TPSA) is 60.2 Å². The minimum absolute atomic E-state index is 0.0798. The fraction of sp³-hybridized carbons (Fsp3) is 0.846. The molecule has 1 aliphatic rings. The van der Waals surface area contributed by atoms with Crippen molar-refractivity contribution in [2.45, 2.75) is 45.6 Å². The van der Waals surface area contributed by atoms with Crippen molar-refractivity contribution in [3.05, 3.63) is 11.7 Å². The van der Waals surface area contributed by atoms with Crippen molar-refractivity contribution < 1.29 is 9.26 Å². The van der Waals surface area contributed by atoms with Crippen LogP contribution in [-0.2, 0) is 11.2 Å². The molecule has 1 saturated heterocycles. The number of nitrogens with zero attached hydrogens (tertiary/aromatic N) is 2. The van der Waals surface area contributed by atoms with E-state index in [9.17, 15) is 0 Å². The lowest BCUT2D eigenvalue weighted by Crippen LogP contribution is -2.29. The van der Waals surface area contributed by atoms with Crippen molar-refractivity contribution in [2.75, 3.05) is 19.7 Å². The first-order chi connectivity index (χ1) is 8.79. The molecule has 0 aliphatic carbocycles. The van der Waals surface area contributed by atoms with E-state index in [0.717, 1.165) is 37.7 Å². The molecule has 1 N–H and O–H groups in total. The van der Waals surface area contributed by atoms with Crippen LogP contribution in [-0.4, -0.2) is 29.8 Å². The van der Waals surface area contributed by atoms with Crippen LogP contribution in [0.1, 0.15) is 50.9 Å². The number of rotatable bonds is 6. The average molecular weight is 253 g/mol. The van der Waals surface area contributed by atoms with E-state index < -0.39 is 0 Å². The molecule has 2 rings (SSSR count). The number of hydrogen-bond acceptors (Lipinski definition) is 5. The first kappa shape index (κ1) is 13.5. The third-order valence-corrected chi connectivity index (χ3v) is 3.43. The summed E-state index contributed by atoms with van der Waals surface area (Å²) in [7, 11) is 0. The van der Waals surface area contributed by atoms with Gasteiger partial charge in [0.15, 0.2) is 5.82 Å². The zero-order valence-corrected chi connectivity index (χ0v) is 11.3. The molecule has 0 spiro atoms. The van der Waals surface area contributed by atoms with Crippen molar-refractivity contribution in [2.24, 2.45) is 5.92 Å². The Morgan fingerprint density at radius 2 is 2.44 bits per heavy atom. The molecule has 1 aromatic heterocycles. The fourth-order valence-corrected chi connectivity index (χ4v) is 2.36. The van der Waals surface area contributed by atoms with Gasteiger partial charge in [-0.1, -0.05) is 5.16 Å². The Morgan fingerprint density at radius 3 is 3.17 bits per heavy atom. The van der Waals surface area contributed by atoms with E-state index in [4.69, 9.17) is 9.26 Å². The monoisotopic (exact) mass is 253 g/mol. The maximum absolute atomic E-state index is 5.44. The number of ether oxygens (including phenoxy) is 1. The van der Waals surface area contributed by atoms with Crippen LogP contribution in [0.2, 0.25) is 0 Å². The van der Waals surface area contributed by atoms with Gasteiger partial charge in [0, 0.05) is 13.0 Å². The van der Waals surface area contributed by atoms with Gasteiger partial charge in [0.1, 0.15) is 6.10 Å². The molecular weight excluding hydrogens is 230 g/mol. The van der Waals surface area contributed by atoms with E-state index in [1.54, 1.807) is 0 Å². The van der Waals surface area contributed by atoms with Crippen LogP contribution in [0.25, 0.3) is 0 Å². The molecule has 2 heterocycles. The predicted molar refractivity (Wildman–Crippen MR) is 68.3 cm³/mol. The summed E-state index contributed by atoms with van der Waals surface area (Å²) in [5.41, 5.74) is 0. The highest BCUT2D eigenvalue weighted by Gasteiger charge is 2.16. The number of aryl methyl sites for hydroxylation is 1. The molecule has 18 heavy (non-hydrogen) atoms. The molecule has 0 bridgehead atoms. The molecule has 0 saturated carbocycles. The minimum atomic E-state index is -0.0798. The second kappa shape index (κ2) is 6.85. The molecule has 5 heteroatoms. The third kappa shape index (κ3) is 3.78. The largest absolute Gasteiger partial charge is 0.371 e. The maximum Gasteiger partial charge on any atom is 0.226 e. The molecular formula is C13H23N3O2. The van der Waals surface area contributed by atoms with Crippen molar-refractivity contribution in [1.29, 1.82) is 0 Å². The van der Waals surface area contributed by atoms with Crippen LogP contribution in [0, 0.1) is 5.92 Å². The molecule has 2 unspecified atom stereocenters. The SMILES string of the molecule is CCOC(C)c1noc(CCC2CCCNC2)n1. The quantitative estimate of drug-likeness (QED) is 0.841. The molecule has 102 valence electrons. The Bertz CT molecular complexity index is 348. The molecule has 2 atom stereocenters. The van der Waals surface area contributed by atoms with Gasteiger partial charge in [-0.2, -0.15) is 4.98 Å². The van der Waals surface area contributed by atoms with Gasteiger partial charge in [0.2, 0.25) is 5.89 Å². The lowest BCUT2D eigenvalue weighted by Gasteiger charge is -2.21. The number of hydrogen-bond donors (Lipinski definition) is 1.